The van der Waals surface area contributed by atoms with E-state index >= 15 is 0 Å². The highest BCUT2D eigenvalue weighted by Crippen LogP contribution is 2.49. The van der Waals surface area contributed by atoms with E-state index < -0.39 is 83.5 Å². The van der Waals surface area contributed by atoms with Gasteiger partial charge in [0.25, 0.3) is 0 Å². The lowest BCUT2D eigenvalue weighted by molar-refractivity contribution is -0.216. The van der Waals surface area contributed by atoms with Gasteiger partial charge in [-0.15, -0.1) is 0 Å². The van der Waals surface area contributed by atoms with Crippen molar-refractivity contribution < 1.29 is 81.7 Å². The van der Waals surface area contributed by atoms with Crippen LogP contribution in [0.2, 0.25) is 0 Å². The van der Waals surface area contributed by atoms with Crippen molar-refractivity contribution in [3.8, 4) is 0 Å². The van der Waals surface area contributed by atoms with Crippen LogP contribution in [-0.4, -0.2) is 109 Å². The number of carbonyl (C=O) groups excluding carboxylic acids is 3. The molecule has 0 aromatic carbocycles. The first kappa shape index (κ1) is 61.4. The highest BCUT2D eigenvalue weighted by atomic mass is 31.2. The van der Waals surface area contributed by atoms with E-state index in [1.165, 1.54) is 19.3 Å². The Balaban J connectivity index is 2.64. The Morgan fingerprint density at radius 1 is 0.530 bits per heavy atom. The summed E-state index contributed by atoms with van der Waals surface area (Å²) in [6.07, 6.45) is 24.4. The maximum Gasteiger partial charge on any atom is 0.472 e. The lowest BCUT2D eigenvalue weighted by atomic mass is 9.85. The van der Waals surface area contributed by atoms with Crippen LogP contribution in [0.5, 0.6) is 0 Å². The van der Waals surface area contributed by atoms with Gasteiger partial charge in [-0.25, -0.2) is 9.13 Å². The van der Waals surface area contributed by atoms with Crippen LogP contribution in [0.1, 0.15) is 162 Å². The third-order valence-corrected chi connectivity index (χ3v) is 12.0. The van der Waals surface area contributed by atoms with Gasteiger partial charge < -0.3 is 44.6 Å². The second-order valence-corrected chi connectivity index (χ2v) is 19.1. The fourth-order valence-electron chi connectivity index (χ4n) is 6.78. The molecule has 1 aliphatic rings. The second-order valence-electron chi connectivity index (χ2n) is 16.5. The number of ether oxygens (including phenoxy) is 2. The van der Waals surface area contributed by atoms with Crippen molar-refractivity contribution in [1.82, 2.24) is 0 Å². The van der Waals surface area contributed by atoms with Crippen molar-refractivity contribution in [2.75, 3.05) is 13.2 Å². The van der Waals surface area contributed by atoms with Gasteiger partial charge in [-0.2, -0.15) is 0 Å². The molecule has 0 aromatic rings. The monoisotopic (exact) mass is 978 g/mol. The first-order valence-corrected chi connectivity index (χ1v) is 26.8. The first-order valence-electron chi connectivity index (χ1n) is 23.8. The maximum absolute atomic E-state index is 13.0. The van der Waals surface area contributed by atoms with Gasteiger partial charge in [0, 0.05) is 19.3 Å². The number of aliphatic hydroxyl groups excluding tert-OH is 4. The van der Waals surface area contributed by atoms with E-state index in [0.29, 0.717) is 19.3 Å². The van der Waals surface area contributed by atoms with E-state index in [0.717, 1.165) is 96.3 Å². The van der Waals surface area contributed by atoms with E-state index in [2.05, 4.69) is 54.8 Å². The third-order valence-electron chi connectivity index (χ3n) is 10.5. The van der Waals surface area contributed by atoms with Crippen LogP contribution in [0.15, 0.2) is 60.8 Å². The van der Waals surface area contributed by atoms with Gasteiger partial charge in [-0.3, -0.25) is 28.0 Å². The zero-order valence-electron chi connectivity index (χ0n) is 39.1. The molecule has 1 fully saturated rings. The molecule has 1 aliphatic carbocycles. The van der Waals surface area contributed by atoms with Crippen LogP contribution in [0.3, 0.4) is 0 Å². The van der Waals surface area contributed by atoms with Crippen LogP contribution in [0.25, 0.3) is 0 Å². The average molecular weight is 979 g/mol. The van der Waals surface area contributed by atoms with Crippen LogP contribution in [0, 0.1) is 0 Å². The first-order chi connectivity index (χ1) is 31.5. The molecule has 66 heavy (non-hydrogen) atoms. The normalized spacial score (nSPS) is 22.0. The molecule has 1 rings (SSSR count). The molecule has 0 spiro atoms. The number of phosphoric acid groups is 2. The molecule has 5 unspecified atom stereocenters. The number of aliphatic hydroxyl groups is 4. The summed E-state index contributed by atoms with van der Waals surface area (Å²) in [7, 11) is -10.7. The topological polar surface area (TPSA) is 273 Å². The molecule has 380 valence electrons. The summed E-state index contributed by atoms with van der Waals surface area (Å²) < 4.78 is 49.3. The summed E-state index contributed by atoms with van der Waals surface area (Å²) in [5.74, 6) is -1.17. The minimum atomic E-state index is -5.38. The van der Waals surface area contributed by atoms with Crippen LogP contribution < -0.4 is 0 Å². The van der Waals surface area contributed by atoms with Gasteiger partial charge in [0.2, 0.25) is 0 Å². The maximum atomic E-state index is 13.0. The predicted octanol–water partition coefficient (Wildman–Crippen LogP) is 8.24. The van der Waals surface area contributed by atoms with Crippen LogP contribution in [-0.2, 0) is 46.6 Å². The zero-order valence-corrected chi connectivity index (χ0v) is 40.9. The Hall–Kier alpha value is -2.63. The van der Waals surface area contributed by atoms with Crippen molar-refractivity contribution in [3.05, 3.63) is 60.8 Å². The van der Waals surface area contributed by atoms with Gasteiger partial charge in [-0.05, 0) is 76.7 Å². The largest absolute Gasteiger partial charge is 0.472 e. The van der Waals surface area contributed by atoms with Gasteiger partial charge in [0.05, 0.1) is 6.61 Å². The third kappa shape index (κ3) is 31.4. The van der Waals surface area contributed by atoms with Crippen LogP contribution >= 0.6 is 15.6 Å². The summed E-state index contributed by atoms with van der Waals surface area (Å²) in [6, 6.07) is 0. The molecule has 0 aliphatic heterocycles. The predicted molar refractivity (Wildman–Crippen MR) is 251 cm³/mol. The molecule has 8 atom stereocenters. The van der Waals surface area contributed by atoms with E-state index in [-0.39, 0.29) is 18.6 Å². The Kier molecular flexibility index (Phi) is 34.7. The van der Waals surface area contributed by atoms with Gasteiger partial charge in [0.1, 0.15) is 43.2 Å². The molecule has 17 nitrogen and oxygen atoms in total. The number of unbranched alkanes of at least 4 members (excludes halogenated alkanes) is 14. The average Bonchev–Trinajstić information content (AvgIpc) is 3.26. The second kappa shape index (κ2) is 37.3. The number of allylic oxidation sites excluding steroid dienone is 10. The van der Waals surface area contributed by atoms with E-state index in [4.69, 9.17) is 18.5 Å². The van der Waals surface area contributed by atoms with E-state index in [1.54, 1.807) is 12.2 Å². The fourth-order valence-corrected chi connectivity index (χ4v) is 8.32. The molecule has 0 bridgehead atoms. The molecule has 0 amide bonds. The summed E-state index contributed by atoms with van der Waals surface area (Å²) in [5.41, 5.74) is 0. The van der Waals surface area contributed by atoms with Crippen molar-refractivity contribution >= 4 is 33.4 Å². The molecule has 1 saturated carbocycles. The highest BCUT2D eigenvalue weighted by molar-refractivity contribution is 7.47. The van der Waals surface area contributed by atoms with Gasteiger partial charge in [-0.1, -0.05) is 126 Å². The number of hydrogen-bond acceptors (Lipinski definition) is 14. The summed E-state index contributed by atoms with van der Waals surface area (Å²) in [6.45, 7) is 2.87. The minimum absolute atomic E-state index is 0.00165. The van der Waals surface area contributed by atoms with Gasteiger partial charge >= 0.3 is 27.6 Å². The van der Waals surface area contributed by atoms with E-state index in [1.807, 2.05) is 12.2 Å². The minimum Gasteiger partial charge on any atom is -0.462 e. The Morgan fingerprint density at radius 2 is 1.02 bits per heavy atom. The number of phosphoric ester groups is 2. The summed E-state index contributed by atoms with van der Waals surface area (Å²) >= 11 is 0. The molecule has 0 heterocycles. The van der Waals surface area contributed by atoms with Crippen molar-refractivity contribution in [1.29, 1.82) is 0 Å². The number of rotatable bonds is 39. The van der Waals surface area contributed by atoms with Crippen molar-refractivity contribution in [2.24, 2.45) is 0 Å². The molecule has 19 heteroatoms. The molecule has 0 aromatic heterocycles. The molecule has 0 radical (unpaired) electrons. The van der Waals surface area contributed by atoms with Crippen molar-refractivity contribution in [2.45, 2.75) is 204 Å². The number of esters is 2. The van der Waals surface area contributed by atoms with Gasteiger partial charge in [0.15, 0.2) is 11.9 Å². The van der Waals surface area contributed by atoms with E-state index in [9.17, 15) is 58.6 Å². The molecule has 0 saturated heterocycles. The number of hydrogen-bond donors (Lipinski definition) is 7. The molecular weight excluding hydrogens is 898 g/mol. The Morgan fingerprint density at radius 3 is 1.61 bits per heavy atom. The number of ketones is 1. The summed E-state index contributed by atoms with van der Waals surface area (Å²) in [5, 5.41) is 41.2. The Labute approximate surface area is 392 Å². The quantitative estimate of drug-likeness (QED) is 0.00763. The lowest BCUT2D eigenvalue weighted by Gasteiger charge is -2.43. The fraction of sp³-hybridized carbons (Fsp3) is 0.723. The number of carbonyl (C=O) groups is 3. The Bertz CT molecular complexity index is 1570. The van der Waals surface area contributed by atoms with Crippen LogP contribution in [0.4, 0.5) is 0 Å². The standard InChI is InChI=1S/C47H80O17P2/c1-3-5-7-8-9-10-11-12-13-14-15-16-17-20-24-27-31-35-41(50)62-39(36-60-40(49)34-30-26-23-21-18-19-22-25-29-33-38(48)32-28-6-4-2)37-61-66(58,59)64-47-44(53)42(51)43(52)46(45(47)54)63-65(55,56)57/h9-10,12-13,15-16,22,25,29,33,39,42-47,51-54H,3-8,11,14,17-21,23-24,26-28,30-32,34-37H2,1-2H3,(H,58,59)(H2,55,56,57)/b10-9-,13-12-,16-15-,25-22-,33-29+/t39-,42?,43?,44?,45?,46-,47+/m1/s1. The smallest absolute Gasteiger partial charge is 0.462 e. The van der Waals surface area contributed by atoms with Crippen molar-refractivity contribution in [3.63, 3.8) is 0 Å². The molecule has 7 N–H and O–H groups in total. The molecular formula is C47H80O17P2. The zero-order chi connectivity index (χ0) is 49.1. The summed E-state index contributed by atoms with van der Waals surface area (Å²) in [4.78, 5) is 66.1. The highest BCUT2D eigenvalue weighted by Gasteiger charge is 2.54. The SMILES string of the molecule is CCCCC/C=C\C/C=C\C/C=C\CCCCCCC(=O)O[C@H](COC(=O)CCCCCCC/C=C\C=C\C(=O)CCCCC)COP(=O)(O)O[C@H]1C(O)C(O)C(O)[C@@H](OP(=O)(O)O)C1O. The lowest BCUT2D eigenvalue weighted by Crippen LogP contribution is -2.64.